The summed E-state index contributed by atoms with van der Waals surface area (Å²) in [6, 6.07) is 0.789. The van der Waals surface area contributed by atoms with Crippen LogP contribution in [0.15, 0.2) is 6.07 Å². The standard InChI is InChI=1S/C12H19F3N4O/c1-4-20-7-11-18-9(16-3)5-10(19-11)17-8(2)6-12(13,14)15/h5,8H,4,6-7H2,1-3H3,(H2,16,17,18,19). The van der Waals surface area contributed by atoms with Crippen LogP contribution in [-0.2, 0) is 11.3 Å². The number of ether oxygens (including phenoxy) is 1. The molecule has 20 heavy (non-hydrogen) atoms. The van der Waals surface area contributed by atoms with E-state index < -0.39 is 18.6 Å². The van der Waals surface area contributed by atoms with Crippen LogP contribution in [0.3, 0.4) is 0 Å². The molecule has 1 aromatic heterocycles. The predicted octanol–water partition coefficient (Wildman–Crippen LogP) is 2.81. The van der Waals surface area contributed by atoms with E-state index in [9.17, 15) is 13.2 Å². The molecule has 0 aliphatic heterocycles. The van der Waals surface area contributed by atoms with Crippen molar-refractivity contribution in [1.29, 1.82) is 0 Å². The first-order valence-corrected chi connectivity index (χ1v) is 6.30. The summed E-state index contributed by atoms with van der Waals surface area (Å²) in [7, 11) is 1.68. The molecule has 0 saturated carbocycles. The number of alkyl halides is 3. The van der Waals surface area contributed by atoms with E-state index in [2.05, 4.69) is 20.6 Å². The number of aromatic nitrogens is 2. The van der Waals surface area contributed by atoms with Gasteiger partial charge in [-0.25, -0.2) is 9.97 Å². The van der Waals surface area contributed by atoms with Crippen molar-refractivity contribution in [3.8, 4) is 0 Å². The van der Waals surface area contributed by atoms with Crippen molar-refractivity contribution in [2.75, 3.05) is 24.3 Å². The summed E-state index contributed by atoms with van der Waals surface area (Å²) in [6.45, 7) is 4.03. The molecule has 0 radical (unpaired) electrons. The Hall–Kier alpha value is -1.57. The zero-order valence-electron chi connectivity index (χ0n) is 11.7. The Morgan fingerprint density at radius 1 is 1.30 bits per heavy atom. The molecule has 2 N–H and O–H groups in total. The molecule has 0 bridgehead atoms. The van der Waals surface area contributed by atoms with Crippen LogP contribution in [0, 0.1) is 0 Å². The Kier molecular flexibility index (Phi) is 6.00. The molecule has 5 nitrogen and oxygen atoms in total. The number of anilines is 2. The zero-order chi connectivity index (χ0) is 15.2. The van der Waals surface area contributed by atoms with Gasteiger partial charge in [0.2, 0.25) is 0 Å². The van der Waals surface area contributed by atoms with E-state index in [-0.39, 0.29) is 6.61 Å². The van der Waals surface area contributed by atoms with Gasteiger partial charge in [-0.3, -0.25) is 0 Å². The molecule has 0 aromatic carbocycles. The van der Waals surface area contributed by atoms with Gasteiger partial charge >= 0.3 is 6.18 Å². The van der Waals surface area contributed by atoms with Crippen molar-refractivity contribution >= 4 is 11.6 Å². The van der Waals surface area contributed by atoms with Crippen LogP contribution < -0.4 is 10.6 Å². The maximum absolute atomic E-state index is 12.3. The first-order chi connectivity index (χ1) is 9.34. The predicted molar refractivity (Wildman–Crippen MR) is 70.7 cm³/mol. The van der Waals surface area contributed by atoms with Gasteiger partial charge in [-0.05, 0) is 13.8 Å². The molecule has 1 atom stereocenters. The van der Waals surface area contributed by atoms with Gasteiger partial charge in [-0.15, -0.1) is 0 Å². The van der Waals surface area contributed by atoms with Gasteiger partial charge in [-0.2, -0.15) is 13.2 Å². The molecule has 0 fully saturated rings. The van der Waals surface area contributed by atoms with Crippen molar-refractivity contribution in [2.45, 2.75) is 39.1 Å². The van der Waals surface area contributed by atoms with Gasteiger partial charge in [0.25, 0.3) is 0 Å². The SMILES string of the molecule is CCOCc1nc(NC)cc(NC(C)CC(F)(F)F)n1. The second-order valence-electron chi connectivity index (χ2n) is 4.31. The first kappa shape index (κ1) is 16.5. The van der Waals surface area contributed by atoms with E-state index in [0.717, 1.165) is 0 Å². The molecule has 8 heteroatoms. The average Bonchev–Trinajstić information content (AvgIpc) is 2.33. The van der Waals surface area contributed by atoms with Crippen LogP contribution in [0.5, 0.6) is 0 Å². The maximum Gasteiger partial charge on any atom is 0.391 e. The Balaban J connectivity index is 2.77. The van der Waals surface area contributed by atoms with Crippen molar-refractivity contribution < 1.29 is 17.9 Å². The van der Waals surface area contributed by atoms with Gasteiger partial charge in [0.15, 0.2) is 5.82 Å². The van der Waals surface area contributed by atoms with Crippen LogP contribution >= 0.6 is 0 Å². The molecule has 0 saturated heterocycles. The molecule has 114 valence electrons. The smallest absolute Gasteiger partial charge is 0.374 e. The topological polar surface area (TPSA) is 59.1 Å². The lowest BCUT2D eigenvalue weighted by molar-refractivity contribution is -0.136. The number of halogens is 3. The number of rotatable bonds is 7. The third-order valence-corrected chi connectivity index (χ3v) is 2.40. The lowest BCUT2D eigenvalue weighted by Crippen LogP contribution is -2.24. The Morgan fingerprint density at radius 3 is 2.50 bits per heavy atom. The number of hydrogen-bond acceptors (Lipinski definition) is 5. The van der Waals surface area contributed by atoms with Crippen molar-refractivity contribution in [2.24, 2.45) is 0 Å². The number of nitrogens with zero attached hydrogens (tertiary/aromatic N) is 2. The highest BCUT2D eigenvalue weighted by Crippen LogP contribution is 2.23. The zero-order valence-corrected chi connectivity index (χ0v) is 11.7. The largest absolute Gasteiger partial charge is 0.391 e. The molecule has 1 aromatic rings. The van der Waals surface area contributed by atoms with E-state index >= 15 is 0 Å². The van der Waals surface area contributed by atoms with Crippen LogP contribution in [0.4, 0.5) is 24.8 Å². The second-order valence-corrected chi connectivity index (χ2v) is 4.31. The Morgan fingerprint density at radius 2 is 1.95 bits per heavy atom. The maximum atomic E-state index is 12.3. The van der Waals surface area contributed by atoms with Crippen molar-refractivity contribution in [3.63, 3.8) is 0 Å². The number of hydrogen-bond donors (Lipinski definition) is 2. The fourth-order valence-corrected chi connectivity index (χ4v) is 1.61. The highest BCUT2D eigenvalue weighted by molar-refractivity contribution is 5.47. The van der Waals surface area contributed by atoms with Gasteiger partial charge in [0, 0.05) is 25.8 Å². The minimum Gasteiger partial charge on any atom is -0.374 e. The summed E-state index contributed by atoms with van der Waals surface area (Å²) in [5, 5.41) is 5.56. The molecule has 1 unspecified atom stereocenters. The lowest BCUT2D eigenvalue weighted by Gasteiger charge is -2.17. The van der Waals surface area contributed by atoms with E-state index in [1.165, 1.54) is 6.92 Å². The number of nitrogens with one attached hydrogen (secondary N) is 2. The summed E-state index contributed by atoms with van der Waals surface area (Å²) < 4.78 is 42.1. The highest BCUT2D eigenvalue weighted by Gasteiger charge is 2.30. The minimum absolute atomic E-state index is 0.217. The quantitative estimate of drug-likeness (QED) is 0.809. The third-order valence-electron chi connectivity index (χ3n) is 2.40. The molecule has 0 aliphatic rings. The van der Waals surface area contributed by atoms with E-state index in [1.807, 2.05) is 6.92 Å². The highest BCUT2D eigenvalue weighted by atomic mass is 19.4. The van der Waals surface area contributed by atoms with Crippen molar-refractivity contribution in [1.82, 2.24) is 9.97 Å². The lowest BCUT2D eigenvalue weighted by atomic mass is 10.2. The van der Waals surface area contributed by atoms with E-state index in [0.29, 0.717) is 24.1 Å². The normalized spacial score (nSPS) is 13.1. The Labute approximate surface area is 116 Å². The minimum atomic E-state index is -4.21. The fourth-order valence-electron chi connectivity index (χ4n) is 1.61. The van der Waals surface area contributed by atoms with Crippen LogP contribution in [0.1, 0.15) is 26.1 Å². The monoisotopic (exact) mass is 292 g/mol. The molecule has 0 aliphatic carbocycles. The van der Waals surface area contributed by atoms with E-state index in [4.69, 9.17) is 4.74 Å². The summed E-state index contributed by atoms with van der Waals surface area (Å²) >= 11 is 0. The fraction of sp³-hybridized carbons (Fsp3) is 0.667. The molecule has 1 heterocycles. The molecular weight excluding hydrogens is 273 g/mol. The summed E-state index contributed by atoms with van der Waals surface area (Å²) in [5.74, 6) is 1.28. The van der Waals surface area contributed by atoms with Gasteiger partial charge in [-0.1, -0.05) is 0 Å². The van der Waals surface area contributed by atoms with Crippen LogP contribution in [-0.4, -0.2) is 35.8 Å². The van der Waals surface area contributed by atoms with Gasteiger partial charge in [0.1, 0.15) is 18.2 Å². The molecule has 0 amide bonds. The third kappa shape index (κ3) is 6.05. The summed E-state index contributed by atoms with van der Waals surface area (Å²) in [4.78, 5) is 8.30. The van der Waals surface area contributed by atoms with Crippen LogP contribution in [0.2, 0.25) is 0 Å². The van der Waals surface area contributed by atoms with Crippen molar-refractivity contribution in [3.05, 3.63) is 11.9 Å². The van der Waals surface area contributed by atoms with Crippen LogP contribution in [0.25, 0.3) is 0 Å². The van der Waals surface area contributed by atoms with E-state index in [1.54, 1.807) is 13.1 Å². The second kappa shape index (κ2) is 7.28. The first-order valence-electron chi connectivity index (χ1n) is 6.30. The molecule has 0 spiro atoms. The van der Waals surface area contributed by atoms with Gasteiger partial charge < -0.3 is 15.4 Å². The molecular formula is C12H19F3N4O. The molecule has 1 rings (SSSR count). The Bertz CT molecular complexity index is 426. The summed E-state index contributed by atoms with van der Waals surface area (Å²) in [6.07, 6.45) is -5.13. The summed E-state index contributed by atoms with van der Waals surface area (Å²) in [5.41, 5.74) is 0. The average molecular weight is 292 g/mol. The van der Waals surface area contributed by atoms with Gasteiger partial charge in [0.05, 0.1) is 6.42 Å².